The summed E-state index contributed by atoms with van der Waals surface area (Å²) in [7, 11) is 0. The quantitative estimate of drug-likeness (QED) is 0.0798. The largest absolute Gasteiger partial charge is 0.508 e. The van der Waals surface area contributed by atoms with Gasteiger partial charge in [-0.2, -0.15) is 39.5 Å². The molecule has 24 heteroatoms. The number of hydrogen-bond acceptors (Lipinski definition) is 8. The van der Waals surface area contributed by atoms with Crippen LogP contribution in [0.5, 0.6) is 17.2 Å². The Hall–Kier alpha value is -3.18. The first-order valence-corrected chi connectivity index (χ1v) is 24.1. The molecule has 396 valence electrons. The van der Waals surface area contributed by atoms with E-state index >= 15 is 0 Å². The normalized spacial score (nSPS) is 20.2. The Kier molecular flexibility index (Phi) is 24.0. The molecule has 3 fully saturated rings. The fourth-order valence-corrected chi connectivity index (χ4v) is 7.22. The van der Waals surface area contributed by atoms with Crippen molar-refractivity contribution in [2.45, 2.75) is 108 Å². The molecule has 0 heterocycles. The standard InChI is InChI=1S/C17H21ClF3NO3.C15H20ClNO3.C12H13ClF3NO.C2H2F3I.ClH/c1-16(2,3)25-15(23)22-8-10-6-12(10)13-7-11(18)4-5-14(13)24-9-17(19,20)21;1-15(2,3)20-14(19)17-8-9-6-11(9)12-7-10(16)4-5-13(12)18;13-8-1-2-11(18-6-12(14,15)16)10(4-8)9-3-7(9)5-17;3-2(4,5)1-6;/h4-5,7,10,12H,6,8-9H2,1-3H3,(H,22,23);4-5,7,9,11,18H,6,8H2,1-3H3,(H,17,19);1-2,4,7,9H,3,5-6,17H2;1H2;1H. The van der Waals surface area contributed by atoms with E-state index in [1.807, 2.05) is 20.8 Å². The van der Waals surface area contributed by atoms with E-state index in [0.29, 0.717) is 52.1 Å². The van der Waals surface area contributed by atoms with E-state index in [-0.39, 0.29) is 53.3 Å². The highest BCUT2D eigenvalue weighted by molar-refractivity contribution is 14.1. The molecule has 0 aliphatic heterocycles. The van der Waals surface area contributed by atoms with Crippen LogP contribution in [0.15, 0.2) is 54.6 Å². The van der Waals surface area contributed by atoms with Crippen LogP contribution in [0, 0.1) is 17.8 Å². The number of carbonyl (C=O) groups excluding carboxylic acids is 2. The van der Waals surface area contributed by atoms with Gasteiger partial charge in [0.2, 0.25) is 0 Å². The van der Waals surface area contributed by atoms with Crippen molar-refractivity contribution in [1.29, 1.82) is 0 Å². The van der Waals surface area contributed by atoms with E-state index in [1.165, 1.54) is 46.9 Å². The van der Waals surface area contributed by atoms with Gasteiger partial charge in [-0.1, -0.05) is 57.4 Å². The summed E-state index contributed by atoms with van der Waals surface area (Å²) >= 11 is 19.0. The van der Waals surface area contributed by atoms with Crippen molar-refractivity contribution in [1.82, 2.24) is 10.6 Å². The Morgan fingerprint density at radius 3 is 1.27 bits per heavy atom. The first-order chi connectivity index (χ1) is 31.7. The van der Waals surface area contributed by atoms with E-state index < -0.39 is 59.6 Å². The molecule has 10 nitrogen and oxygen atoms in total. The molecule has 0 aromatic heterocycles. The van der Waals surface area contributed by atoms with Crippen LogP contribution in [0.4, 0.5) is 49.1 Å². The minimum absolute atomic E-state index is 0. The van der Waals surface area contributed by atoms with E-state index in [4.69, 9.17) is 59.5 Å². The number of halogens is 14. The van der Waals surface area contributed by atoms with Gasteiger partial charge < -0.3 is 40.4 Å². The predicted octanol–water partition coefficient (Wildman–Crippen LogP) is 14.3. The number of nitrogens with one attached hydrogen (secondary N) is 2. The number of hydrogen-bond donors (Lipinski definition) is 4. The molecule has 6 atom stereocenters. The SMILES string of the molecule is CC(C)(C)OC(=O)NCC1CC1c1cc(Cl)ccc1O.CC(C)(C)OC(=O)NCC1CC1c1cc(Cl)ccc1OCC(F)(F)F.Cl.FC(F)(F)CI.NCC1CC1c1cc(Cl)ccc1OCC(F)(F)F. The zero-order valence-corrected chi connectivity index (χ0v) is 44.1. The van der Waals surface area contributed by atoms with Gasteiger partial charge in [-0.05, 0) is 174 Å². The Labute approximate surface area is 436 Å². The van der Waals surface area contributed by atoms with Gasteiger partial charge in [0.1, 0.15) is 28.5 Å². The Morgan fingerprint density at radius 1 is 0.614 bits per heavy atom. The van der Waals surface area contributed by atoms with Gasteiger partial charge in [0.05, 0.1) is 4.43 Å². The summed E-state index contributed by atoms with van der Waals surface area (Å²) in [4.78, 5) is 23.2. The van der Waals surface area contributed by atoms with Crippen LogP contribution in [0.3, 0.4) is 0 Å². The maximum absolute atomic E-state index is 12.4. The van der Waals surface area contributed by atoms with Gasteiger partial charge in [0, 0.05) is 28.2 Å². The number of aromatic hydroxyl groups is 1. The second-order valence-corrected chi connectivity index (χ2v) is 20.5. The lowest BCUT2D eigenvalue weighted by molar-refractivity contribution is -0.154. The Morgan fingerprint density at radius 2 is 0.943 bits per heavy atom. The van der Waals surface area contributed by atoms with E-state index in [2.05, 4.69) is 10.6 Å². The van der Waals surface area contributed by atoms with E-state index in [0.717, 1.165) is 30.4 Å². The van der Waals surface area contributed by atoms with Crippen LogP contribution in [0.25, 0.3) is 0 Å². The minimum atomic E-state index is -4.40. The molecule has 3 saturated carbocycles. The smallest absolute Gasteiger partial charge is 0.422 e. The number of alkyl halides is 10. The summed E-state index contributed by atoms with van der Waals surface area (Å²) in [6, 6.07) is 14.3. The molecular weight excluding hydrogens is 1150 g/mol. The molecule has 0 saturated heterocycles. The zero-order valence-electron chi connectivity index (χ0n) is 38.8. The van der Waals surface area contributed by atoms with Crippen LogP contribution >= 0.6 is 69.8 Å². The minimum Gasteiger partial charge on any atom is -0.508 e. The highest BCUT2D eigenvalue weighted by Crippen LogP contribution is 2.52. The average molecular weight is 1200 g/mol. The highest BCUT2D eigenvalue weighted by atomic mass is 127. The van der Waals surface area contributed by atoms with Gasteiger partial charge in [-0.3, -0.25) is 0 Å². The second-order valence-electron chi connectivity index (χ2n) is 18.4. The topological polar surface area (TPSA) is 141 Å². The average Bonchev–Trinajstić information content (AvgIpc) is 4.11. The number of benzene rings is 3. The first-order valence-electron chi connectivity index (χ1n) is 21.4. The number of amides is 2. The van der Waals surface area contributed by atoms with Crippen molar-refractivity contribution in [3.63, 3.8) is 0 Å². The lowest BCUT2D eigenvalue weighted by atomic mass is 10.1. The number of rotatable bonds is 12. The molecule has 0 spiro atoms. The summed E-state index contributed by atoms with van der Waals surface area (Å²) in [6.45, 7) is 9.60. The molecule has 6 rings (SSSR count). The molecule has 6 unspecified atom stereocenters. The van der Waals surface area contributed by atoms with Crippen molar-refractivity contribution in [2.75, 3.05) is 37.3 Å². The molecule has 2 amide bonds. The van der Waals surface area contributed by atoms with Crippen molar-refractivity contribution < 1.29 is 73.2 Å². The summed E-state index contributed by atoms with van der Waals surface area (Å²) < 4.78 is 125. The number of carbonyl (C=O) groups is 2. The summed E-state index contributed by atoms with van der Waals surface area (Å²) in [5.41, 5.74) is 6.68. The van der Waals surface area contributed by atoms with Gasteiger partial charge in [0.15, 0.2) is 13.2 Å². The molecule has 3 aromatic carbocycles. The molecular formula is C46H57Cl4F9IN3O7. The number of phenols is 1. The third kappa shape index (κ3) is 25.0. The maximum atomic E-state index is 12.4. The molecule has 3 aliphatic rings. The van der Waals surface area contributed by atoms with Crippen LogP contribution in [0.2, 0.25) is 15.1 Å². The first kappa shape index (κ1) is 62.9. The van der Waals surface area contributed by atoms with Gasteiger partial charge in [-0.15, -0.1) is 12.4 Å². The third-order valence-electron chi connectivity index (χ3n) is 9.95. The van der Waals surface area contributed by atoms with Crippen LogP contribution in [-0.4, -0.2) is 84.3 Å². The van der Waals surface area contributed by atoms with Crippen LogP contribution in [-0.2, 0) is 9.47 Å². The Bertz CT molecular complexity index is 2160. The van der Waals surface area contributed by atoms with Crippen molar-refractivity contribution >= 4 is 82.0 Å². The van der Waals surface area contributed by atoms with Gasteiger partial charge in [0.25, 0.3) is 0 Å². The van der Waals surface area contributed by atoms with E-state index in [1.54, 1.807) is 51.1 Å². The molecule has 70 heavy (non-hydrogen) atoms. The summed E-state index contributed by atoms with van der Waals surface area (Å²) in [6.07, 6.45) is -11.1. The summed E-state index contributed by atoms with van der Waals surface area (Å²) in [5.74, 6) is 1.85. The monoisotopic (exact) mass is 1200 g/mol. The number of ether oxygens (including phenoxy) is 4. The fourth-order valence-electron chi connectivity index (χ4n) is 6.68. The van der Waals surface area contributed by atoms with Gasteiger partial charge >= 0.3 is 30.7 Å². The highest BCUT2D eigenvalue weighted by Gasteiger charge is 2.42. The number of nitrogens with two attached hydrogens (primary N) is 1. The zero-order chi connectivity index (χ0) is 52.3. The van der Waals surface area contributed by atoms with Crippen LogP contribution < -0.4 is 25.8 Å². The number of phenolic OH excluding ortho intramolecular Hbond substituents is 1. The summed E-state index contributed by atoms with van der Waals surface area (Å²) in [5, 5.41) is 16.8. The lowest BCUT2D eigenvalue weighted by Crippen LogP contribution is -2.33. The van der Waals surface area contributed by atoms with Crippen molar-refractivity contribution in [3.8, 4) is 17.2 Å². The lowest BCUT2D eigenvalue weighted by Gasteiger charge is -2.19. The fraction of sp³-hybridized carbons (Fsp3) is 0.565. The van der Waals surface area contributed by atoms with Crippen molar-refractivity contribution in [3.05, 3.63) is 86.4 Å². The molecule has 0 radical (unpaired) electrons. The third-order valence-corrected chi connectivity index (χ3v) is 11.5. The van der Waals surface area contributed by atoms with Crippen molar-refractivity contribution in [2.24, 2.45) is 23.5 Å². The second kappa shape index (κ2) is 26.7. The molecule has 3 aliphatic carbocycles. The van der Waals surface area contributed by atoms with E-state index in [9.17, 15) is 54.2 Å². The Balaban J connectivity index is 0.000000341. The van der Waals surface area contributed by atoms with Crippen LogP contribution in [0.1, 0.15) is 95.2 Å². The maximum Gasteiger partial charge on any atom is 0.422 e. The molecule has 5 N–H and O–H groups in total. The number of alkyl carbamates (subject to hydrolysis) is 2. The van der Waals surface area contributed by atoms with Gasteiger partial charge in [-0.25, -0.2) is 9.59 Å². The predicted molar refractivity (Wildman–Crippen MR) is 261 cm³/mol. The molecule has 0 bridgehead atoms. The molecule has 3 aromatic rings.